The lowest BCUT2D eigenvalue weighted by Crippen LogP contribution is -2.47. The monoisotopic (exact) mass is 322 g/mol. The Bertz CT molecular complexity index is 481. The Morgan fingerprint density at radius 3 is 1.95 bits per heavy atom. The first-order chi connectivity index (χ1) is 10.2. The predicted molar refractivity (Wildman–Crippen MR) is 95.5 cm³/mol. The Hall–Kier alpha value is -1.36. The van der Waals surface area contributed by atoms with E-state index in [4.69, 9.17) is 4.43 Å². The van der Waals surface area contributed by atoms with E-state index in [0.29, 0.717) is 22.3 Å². The van der Waals surface area contributed by atoms with Gasteiger partial charge in [-0.1, -0.05) is 41.5 Å². The Kier molecular flexibility index (Phi) is 6.17. The molecule has 0 atom stereocenters. The highest BCUT2D eigenvalue weighted by molar-refractivity contribution is 6.78. The molecular formula is C17H30N2O2Si. The maximum Gasteiger partial charge on any atom is 0.258 e. The van der Waals surface area contributed by atoms with Crippen LogP contribution in [0.5, 0.6) is 0 Å². The second-order valence-electron chi connectivity index (χ2n) is 7.05. The molecule has 0 aromatic heterocycles. The van der Waals surface area contributed by atoms with Crippen LogP contribution < -0.4 is 0 Å². The zero-order chi connectivity index (χ0) is 17.1. The molecule has 0 N–H and O–H groups in total. The molecule has 0 aromatic carbocycles. The molecule has 5 heteroatoms. The van der Waals surface area contributed by atoms with Crippen LogP contribution in [0.15, 0.2) is 28.7 Å². The third kappa shape index (κ3) is 3.51. The Balaban J connectivity index is 3.22. The fourth-order valence-electron chi connectivity index (χ4n) is 3.50. The van der Waals surface area contributed by atoms with Crippen molar-refractivity contribution in [1.29, 1.82) is 0 Å². The van der Waals surface area contributed by atoms with Gasteiger partial charge in [-0.25, -0.2) is 4.99 Å². The summed E-state index contributed by atoms with van der Waals surface area (Å²) in [5.74, 6) is 0.749. The fraction of sp³-hybridized carbons (Fsp3) is 0.647. The van der Waals surface area contributed by atoms with E-state index in [0.717, 1.165) is 17.6 Å². The van der Waals surface area contributed by atoms with Crippen molar-refractivity contribution in [3.63, 3.8) is 0 Å². The minimum atomic E-state index is -2.04. The lowest BCUT2D eigenvalue weighted by atomic mass is 10.2. The summed E-state index contributed by atoms with van der Waals surface area (Å²) < 4.78 is 6.66. The van der Waals surface area contributed by atoms with Crippen LogP contribution in [0.1, 0.15) is 41.5 Å². The summed E-state index contributed by atoms with van der Waals surface area (Å²) in [6.07, 6.45) is 4.41. The number of hydrogen-bond donors (Lipinski definition) is 0. The van der Waals surface area contributed by atoms with Crippen molar-refractivity contribution in [1.82, 2.24) is 4.90 Å². The van der Waals surface area contributed by atoms with Crippen molar-refractivity contribution >= 4 is 20.3 Å². The van der Waals surface area contributed by atoms with Crippen molar-refractivity contribution in [2.24, 2.45) is 4.99 Å². The number of allylic oxidation sites excluding steroid dienone is 1. The quantitative estimate of drug-likeness (QED) is 0.523. The normalized spacial score (nSPS) is 17.3. The Morgan fingerprint density at radius 1 is 1.09 bits per heavy atom. The van der Waals surface area contributed by atoms with Crippen LogP contribution in [0.3, 0.4) is 0 Å². The van der Waals surface area contributed by atoms with Gasteiger partial charge in [0.1, 0.15) is 11.5 Å². The third-order valence-corrected chi connectivity index (χ3v) is 10.3. The predicted octanol–water partition coefficient (Wildman–Crippen LogP) is 4.12. The van der Waals surface area contributed by atoms with Crippen LogP contribution in [0.25, 0.3) is 0 Å². The minimum absolute atomic E-state index is 0.447. The second-order valence-corrected chi connectivity index (χ2v) is 12.4. The van der Waals surface area contributed by atoms with Crippen molar-refractivity contribution in [2.45, 2.75) is 58.2 Å². The largest absolute Gasteiger partial charge is 0.541 e. The topological polar surface area (TPSA) is 41.9 Å². The highest BCUT2D eigenvalue weighted by Crippen LogP contribution is 2.44. The molecule has 124 valence electrons. The van der Waals surface area contributed by atoms with Crippen molar-refractivity contribution < 1.29 is 9.22 Å². The molecule has 22 heavy (non-hydrogen) atoms. The number of carbonyl (C=O) groups excluding carboxylic acids is 1. The van der Waals surface area contributed by atoms with Gasteiger partial charge in [-0.05, 0) is 16.6 Å². The van der Waals surface area contributed by atoms with Gasteiger partial charge in [0.15, 0.2) is 6.29 Å². The second kappa shape index (κ2) is 7.27. The molecule has 0 aromatic rings. The average molecular weight is 323 g/mol. The Morgan fingerprint density at radius 2 is 1.59 bits per heavy atom. The van der Waals surface area contributed by atoms with E-state index < -0.39 is 8.32 Å². The van der Waals surface area contributed by atoms with Crippen LogP contribution in [-0.4, -0.2) is 39.3 Å². The van der Waals surface area contributed by atoms with Crippen LogP contribution in [0.4, 0.5) is 0 Å². The summed E-state index contributed by atoms with van der Waals surface area (Å²) in [6.45, 7) is 13.5. The van der Waals surface area contributed by atoms with Gasteiger partial charge in [0.2, 0.25) is 0 Å². The molecule has 0 unspecified atom stereocenters. The number of nitrogens with zero attached hydrogens (tertiary/aromatic N) is 2. The van der Waals surface area contributed by atoms with E-state index in [2.05, 4.69) is 46.5 Å². The molecule has 1 aliphatic rings. The highest BCUT2D eigenvalue weighted by atomic mass is 28.4. The van der Waals surface area contributed by atoms with Crippen LogP contribution in [0, 0.1) is 0 Å². The van der Waals surface area contributed by atoms with E-state index >= 15 is 0 Å². The molecule has 0 aliphatic carbocycles. The van der Waals surface area contributed by atoms with Crippen molar-refractivity contribution in [2.75, 3.05) is 14.1 Å². The number of carbonyl (C=O) groups is 1. The lowest BCUT2D eigenvalue weighted by molar-refractivity contribution is -0.102. The molecule has 0 bridgehead atoms. The molecule has 1 rings (SSSR count). The SMILES string of the molecule is CC(C)[Si](OC1=CN=C(C=O)/C1=C\N(C)C)(C(C)C)C(C)C. The maximum absolute atomic E-state index is 11.2. The summed E-state index contributed by atoms with van der Waals surface area (Å²) in [6, 6.07) is 0. The third-order valence-electron chi connectivity index (χ3n) is 4.36. The molecule has 0 saturated heterocycles. The van der Waals surface area contributed by atoms with Crippen LogP contribution in [-0.2, 0) is 9.22 Å². The molecule has 0 spiro atoms. The molecule has 0 amide bonds. The first-order valence-electron chi connectivity index (χ1n) is 7.97. The van der Waals surface area contributed by atoms with Crippen LogP contribution >= 0.6 is 0 Å². The van der Waals surface area contributed by atoms with Gasteiger partial charge in [0.05, 0.1) is 11.8 Å². The summed E-state index contributed by atoms with van der Waals surface area (Å²) in [5.41, 5.74) is 2.68. The minimum Gasteiger partial charge on any atom is -0.541 e. The summed E-state index contributed by atoms with van der Waals surface area (Å²) >= 11 is 0. The standard InChI is InChI=1S/C17H30N2O2Si/c1-12(2)22(13(3)4,14(5)6)21-17-9-18-16(11-20)15(17)10-19(7)8/h9-14H,1-8H3/b15-10+. The first-order valence-corrected chi connectivity index (χ1v) is 10.1. The molecule has 4 nitrogen and oxygen atoms in total. The van der Waals surface area contributed by atoms with Gasteiger partial charge in [0, 0.05) is 20.3 Å². The molecule has 0 saturated carbocycles. The van der Waals surface area contributed by atoms with E-state index in [1.165, 1.54) is 0 Å². The smallest absolute Gasteiger partial charge is 0.258 e. The zero-order valence-corrected chi connectivity index (χ0v) is 16.2. The number of rotatable bonds is 7. The Labute approximate surface area is 136 Å². The van der Waals surface area contributed by atoms with Crippen LogP contribution in [0.2, 0.25) is 16.6 Å². The van der Waals surface area contributed by atoms with Gasteiger partial charge in [0.25, 0.3) is 8.32 Å². The van der Waals surface area contributed by atoms with Crippen molar-refractivity contribution in [3.8, 4) is 0 Å². The van der Waals surface area contributed by atoms with Gasteiger partial charge in [-0.15, -0.1) is 0 Å². The number of hydrogen-bond acceptors (Lipinski definition) is 4. The summed E-state index contributed by atoms with van der Waals surface area (Å²) in [4.78, 5) is 17.4. The number of aldehydes is 1. The summed E-state index contributed by atoms with van der Waals surface area (Å²) in [5, 5.41) is 0. The van der Waals surface area contributed by atoms with E-state index in [-0.39, 0.29) is 0 Å². The average Bonchev–Trinajstić information content (AvgIpc) is 2.75. The molecule has 0 radical (unpaired) electrons. The molecule has 0 fully saturated rings. The van der Waals surface area contributed by atoms with Gasteiger partial charge < -0.3 is 9.33 Å². The van der Waals surface area contributed by atoms with E-state index in [1.807, 2.05) is 25.2 Å². The zero-order valence-electron chi connectivity index (χ0n) is 15.2. The molecule has 1 aliphatic heterocycles. The van der Waals surface area contributed by atoms with Crippen molar-refractivity contribution in [3.05, 3.63) is 23.7 Å². The van der Waals surface area contributed by atoms with E-state index in [1.54, 1.807) is 6.20 Å². The molecular weight excluding hydrogens is 292 g/mol. The summed E-state index contributed by atoms with van der Waals surface area (Å²) in [7, 11) is 1.82. The number of aliphatic imine (C=N–C) groups is 1. The van der Waals surface area contributed by atoms with Gasteiger partial charge in [-0.2, -0.15) is 0 Å². The fourth-order valence-corrected chi connectivity index (χ4v) is 8.75. The van der Waals surface area contributed by atoms with E-state index in [9.17, 15) is 4.79 Å². The van der Waals surface area contributed by atoms with Gasteiger partial charge >= 0.3 is 0 Å². The maximum atomic E-state index is 11.2. The van der Waals surface area contributed by atoms with Gasteiger partial charge in [-0.3, -0.25) is 4.79 Å². The lowest BCUT2D eigenvalue weighted by Gasteiger charge is -2.42. The molecule has 1 heterocycles. The first kappa shape index (κ1) is 18.7. The highest BCUT2D eigenvalue weighted by Gasteiger charge is 2.48.